The molecule has 2 heteroatoms. The van der Waals surface area contributed by atoms with Crippen LogP contribution in [0, 0.1) is 5.92 Å². The van der Waals surface area contributed by atoms with Crippen LogP contribution in [0.15, 0.2) is 23.8 Å². The van der Waals surface area contributed by atoms with Gasteiger partial charge >= 0.3 is 0 Å². The van der Waals surface area contributed by atoms with Crippen LogP contribution in [-0.4, -0.2) is 10.7 Å². The molecule has 2 aliphatic rings. The van der Waals surface area contributed by atoms with Crippen molar-refractivity contribution in [1.82, 2.24) is 0 Å². The van der Waals surface area contributed by atoms with E-state index in [4.69, 9.17) is 4.74 Å². The monoisotopic (exact) mass is 314 g/mol. The van der Waals surface area contributed by atoms with E-state index in [1.807, 2.05) is 6.07 Å². The fourth-order valence-electron chi connectivity index (χ4n) is 4.32. The molecule has 0 aromatic heterocycles. The first-order chi connectivity index (χ1) is 10.9. The van der Waals surface area contributed by atoms with Crippen molar-refractivity contribution in [3.63, 3.8) is 0 Å². The number of hydrogen-bond acceptors (Lipinski definition) is 2. The van der Waals surface area contributed by atoms with Gasteiger partial charge in [-0.1, -0.05) is 25.0 Å². The number of phenolic OH excluding ortho intramolecular Hbond substituents is 1. The summed E-state index contributed by atoms with van der Waals surface area (Å²) in [7, 11) is 0. The molecule has 0 radical (unpaired) electrons. The second-order valence-electron chi connectivity index (χ2n) is 7.87. The molecular weight excluding hydrogens is 284 g/mol. The van der Waals surface area contributed by atoms with Gasteiger partial charge in [-0.25, -0.2) is 0 Å². The van der Waals surface area contributed by atoms with Crippen molar-refractivity contribution in [3.8, 4) is 11.5 Å². The minimum Gasteiger partial charge on any atom is -0.507 e. The lowest BCUT2D eigenvalue weighted by atomic mass is 9.72. The second kappa shape index (κ2) is 6.22. The minimum absolute atomic E-state index is 0.186. The molecule has 126 valence electrons. The summed E-state index contributed by atoms with van der Waals surface area (Å²) < 4.78 is 6.39. The number of ether oxygens (including phenoxy) is 1. The molecular formula is C21H30O2. The lowest BCUT2D eigenvalue weighted by Crippen LogP contribution is -2.44. The van der Waals surface area contributed by atoms with Crippen molar-refractivity contribution in [3.05, 3.63) is 34.9 Å². The number of hydrogen-bond donors (Lipinski definition) is 1. The lowest BCUT2D eigenvalue weighted by Gasteiger charge is -2.44. The highest BCUT2D eigenvalue weighted by Crippen LogP contribution is 2.52. The number of aromatic hydroxyl groups is 1. The van der Waals surface area contributed by atoms with E-state index in [0.717, 1.165) is 43.4 Å². The first-order valence-electron chi connectivity index (χ1n) is 9.14. The maximum Gasteiger partial charge on any atom is 0.127 e. The molecule has 2 nitrogen and oxygen atoms in total. The largest absolute Gasteiger partial charge is 0.507 e. The Labute approximate surface area is 140 Å². The van der Waals surface area contributed by atoms with Crippen LogP contribution in [-0.2, 0) is 6.42 Å². The number of fused-ring (bicyclic) bond motifs is 3. The molecule has 1 aromatic carbocycles. The number of phenols is 1. The van der Waals surface area contributed by atoms with Crippen LogP contribution in [0.3, 0.4) is 0 Å². The van der Waals surface area contributed by atoms with Crippen LogP contribution in [0.4, 0.5) is 0 Å². The lowest BCUT2D eigenvalue weighted by molar-refractivity contribution is 0.0135. The molecule has 0 bridgehead atoms. The molecule has 0 amide bonds. The topological polar surface area (TPSA) is 29.5 Å². The van der Waals surface area contributed by atoms with Gasteiger partial charge in [-0.3, -0.25) is 0 Å². The van der Waals surface area contributed by atoms with E-state index >= 15 is 0 Å². The van der Waals surface area contributed by atoms with Gasteiger partial charge in [0.2, 0.25) is 0 Å². The van der Waals surface area contributed by atoms with Crippen LogP contribution in [0.5, 0.6) is 11.5 Å². The zero-order chi connectivity index (χ0) is 16.6. The zero-order valence-electron chi connectivity index (χ0n) is 15.0. The number of aryl methyl sites for hydroxylation is 1. The van der Waals surface area contributed by atoms with Crippen molar-refractivity contribution in [1.29, 1.82) is 0 Å². The first-order valence-corrected chi connectivity index (χ1v) is 9.14. The number of allylic oxidation sites excluding steroid dienone is 2. The third-order valence-corrected chi connectivity index (χ3v) is 5.58. The Hall–Kier alpha value is -1.44. The van der Waals surface area contributed by atoms with E-state index in [-0.39, 0.29) is 11.5 Å². The molecule has 1 heterocycles. The van der Waals surface area contributed by atoms with Crippen molar-refractivity contribution >= 4 is 0 Å². The Bertz CT molecular complexity index is 613. The van der Waals surface area contributed by atoms with Crippen molar-refractivity contribution < 1.29 is 9.84 Å². The standard InChI is InChI=1S/C21H30O2/c1-5-6-9-15-12-18(22)20-16-11-14(2)8-7-10-17(16)21(3,4)23-19(20)13-15/h11-13,16-17,22H,5-10H2,1-4H3. The highest BCUT2D eigenvalue weighted by Gasteiger charge is 2.44. The maximum absolute atomic E-state index is 10.7. The molecule has 1 N–H and O–H groups in total. The highest BCUT2D eigenvalue weighted by atomic mass is 16.5. The van der Waals surface area contributed by atoms with Gasteiger partial charge < -0.3 is 9.84 Å². The zero-order valence-corrected chi connectivity index (χ0v) is 15.0. The van der Waals surface area contributed by atoms with Gasteiger partial charge in [-0.15, -0.1) is 0 Å². The summed E-state index contributed by atoms with van der Waals surface area (Å²) in [5.74, 6) is 2.02. The van der Waals surface area contributed by atoms with Gasteiger partial charge in [0.15, 0.2) is 0 Å². The van der Waals surface area contributed by atoms with Crippen molar-refractivity contribution in [2.24, 2.45) is 5.92 Å². The molecule has 1 aliphatic carbocycles. The van der Waals surface area contributed by atoms with Crippen LogP contribution < -0.4 is 4.74 Å². The summed E-state index contributed by atoms with van der Waals surface area (Å²) in [6.07, 6.45) is 9.22. The maximum atomic E-state index is 10.7. The van der Waals surface area contributed by atoms with Crippen LogP contribution in [0.1, 0.15) is 76.8 Å². The predicted molar refractivity (Wildman–Crippen MR) is 95.3 cm³/mol. The Kier molecular flexibility index (Phi) is 4.44. The fourth-order valence-corrected chi connectivity index (χ4v) is 4.32. The molecule has 0 saturated heterocycles. The number of benzene rings is 1. The summed E-state index contributed by atoms with van der Waals surface area (Å²) in [4.78, 5) is 0. The van der Waals surface area contributed by atoms with E-state index < -0.39 is 0 Å². The Balaban J connectivity index is 2.07. The van der Waals surface area contributed by atoms with E-state index in [2.05, 4.69) is 39.8 Å². The molecule has 23 heavy (non-hydrogen) atoms. The van der Waals surface area contributed by atoms with E-state index in [1.54, 1.807) is 0 Å². The summed E-state index contributed by atoms with van der Waals surface area (Å²) >= 11 is 0. The predicted octanol–water partition coefficient (Wildman–Crippen LogP) is 5.74. The van der Waals surface area contributed by atoms with Crippen LogP contribution in [0.2, 0.25) is 0 Å². The summed E-state index contributed by atoms with van der Waals surface area (Å²) in [5.41, 5.74) is 3.45. The molecule has 0 fully saturated rings. The molecule has 2 unspecified atom stereocenters. The van der Waals surface area contributed by atoms with Gasteiger partial charge in [0, 0.05) is 17.4 Å². The van der Waals surface area contributed by atoms with E-state index in [0.29, 0.717) is 11.7 Å². The van der Waals surface area contributed by atoms with Crippen molar-refractivity contribution in [2.45, 2.75) is 77.7 Å². The molecule has 3 rings (SSSR count). The Morgan fingerprint density at radius 3 is 2.83 bits per heavy atom. The Morgan fingerprint density at radius 1 is 1.30 bits per heavy atom. The van der Waals surface area contributed by atoms with Crippen molar-refractivity contribution in [2.75, 3.05) is 0 Å². The van der Waals surface area contributed by atoms with Gasteiger partial charge in [0.25, 0.3) is 0 Å². The number of unbranched alkanes of at least 4 members (excludes halogenated alkanes) is 1. The molecule has 0 saturated carbocycles. The third kappa shape index (κ3) is 3.13. The minimum atomic E-state index is -0.186. The molecule has 1 aromatic rings. The van der Waals surface area contributed by atoms with Gasteiger partial charge in [0.05, 0.1) is 0 Å². The average molecular weight is 314 g/mol. The second-order valence-corrected chi connectivity index (χ2v) is 7.87. The van der Waals surface area contributed by atoms with Crippen LogP contribution in [0.25, 0.3) is 0 Å². The highest BCUT2D eigenvalue weighted by molar-refractivity contribution is 5.53. The first kappa shape index (κ1) is 16.4. The summed E-state index contributed by atoms with van der Waals surface area (Å²) in [6, 6.07) is 4.12. The Morgan fingerprint density at radius 2 is 2.09 bits per heavy atom. The summed E-state index contributed by atoms with van der Waals surface area (Å²) in [6.45, 7) is 8.83. The van der Waals surface area contributed by atoms with Gasteiger partial charge in [0.1, 0.15) is 17.1 Å². The molecule has 0 spiro atoms. The van der Waals surface area contributed by atoms with Crippen LogP contribution >= 0.6 is 0 Å². The normalized spacial score (nSPS) is 25.7. The fraction of sp³-hybridized carbons (Fsp3) is 0.619. The van der Waals surface area contributed by atoms with Gasteiger partial charge in [-0.2, -0.15) is 0 Å². The quantitative estimate of drug-likeness (QED) is 0.721. The SMILES string of the molecule is CCCCc1cc(O)c2c(c1)OC(C)(C)C1CCCC(C)=CC21. The molecule has 2 atom stereocenters. The smallest absolute Gasteiger partial charge is 0.127 e. The average Bonchev–Trinajstić information content (AvgIpc) is 2.66. The van der Waals surface area contributed by atoms with E-state index in [1.165, 1.54) is 17.6 Å². The van der Waals surface area contributed by atoms with E-state index in [9.17, 15) is 5.11 Å². The molecule has 1 aliphatic heterocycles. The summed E-state index contributed by atoms with van der Waals surface area (Å²) in [5, 5.41) is 10.7. The third-order valence-electron chi connectivity index (χ3n) is 5.58. The number of rotatable bonds is 3. The van der Waals surface area contributed by atoms with Gasteiger partial charge in [-0.05, 0) is 70.6 Å².